The summed E-state index contributed by atoms with van der Waals surface area (Å²) in [4.78, 5) is 0. The zero-order valence-electron chi connectivity index (χ0n) is 19.9. The molecule has 1 atom stereocenters. The maximum absolute atomic E-state index is 10.1. The molecule has 1 aliphatic carbocycles. The number of unbranched alkanes of at least 4 members (excludes halogenated alkanes) is 15. The van der Waals surface area contributed by atoms with Crippen LogP contribution in [0.3, 0.4) is 0 Å². The van der Waals surface area contributed by atoms with Gasteiger partial charge in [0, 0.05) is 6.04 Å². The van der Waals surface area contributed by atoms with E-state index in [1.165, 1.54) is 120 Å². The van der Waals surface area contributed by atoms with E-state index in [2.05, 4.69) is 18.3 Å². The number of nitrogens with one attached hydrogen (secondary N) is 1. The third-order valence-electron chi connectivity index (χ3n) is 6.92. The molecule has 0 radical (unpaired) electrons. The van der Waals surface area contributed by atoms with E-state index >= 15 is 0 Å². The summed E-state index contributed by atoms with van der Waals surface area (Å²) < 4.78 is 0. The fourth-order valence-corrected chi connectivity index (χ4v) is 4.92. The van der Waals surface area contributed by atoms with Gasteiger partial charge in [-0.1, -0.05) is 115 Å². The monoisotopic (exact) mass is 415 g/mol. The molecule has 0 bridgehead atoms. The van der Waals surface area contributed by atoms with Crippen molar-refractivity contribution in [3.63, 3.8) is 0 Å². The lowest BCUT2D eigenvalue weighted by molar-refractivity contribution is 0.421. The van der Waals surface area contributed by atoms with Crippen LogP contribution in [0.15, 0.2) is 18.2 Å². The van der Waals surface area contributed by atoms with Crippen LogP contribution in [0.25, 0.3) is 0 Å². The lowest BCUT2D eigenvalue weighted by atomic mass is 9.87. The molecule has 0 fully saturated rings. The molecule has 172 valence electrons. The van der Waals surface area contributed by atoms with Gasteiger partial charge < -0.3 is 10.4 Å². The van der Waals surface area contributed by atoms with Gasteiger partial charge in [0.15, 0.2) is 0 Å². The van der Waals surface area contributed by atoms with Crippen molar-refractivity contribution >= 4 is 0 Å². The van der Waals surface area contributed by atoms with Crippen LogP contribution in [0.4, 0.5) is 0 Å². The summed E-state index contributed by atoms with van der Waals surface area (Å²) in [5, 5.41) is 13.8. The fourth-order valence-electron chi connectivity index (χ4n) is 4.92. The normalized spacial score (nSPS) is 16.0. The third kappa shape index (κ3) is 10.8. The largest absolute Gasteiger partial charge is 0.508 e. The highest BCUT2D eigenvalue weighted by molar-refractivity contribution is 5.41. The molecule has 1 aromatic rings. The Hall–Kier alpha value is -1.02. The van der Waals surface area contributed by atoms with Gasteiger partial charge in [0.05, 0.1) is 0 Å². The molecule has 0 heterocycles. The Morgan fingerprint density at radius 1 is 0.767 bits per heavy atom. The Morgan fingerprint density at radius 2 is 1.30 bits per heavy atom. The molecule has 0 aliphatic heterocycles. The lowest BCUT2D eigenvalue weighted by Crippen LogP contribution is -2.35. The molecular weight excluding hydrogens is 366 g/mol. The molecule has 1 aromatic carbocycles. The molecule has 0 spiro atoms. The first-order chi connectivity index (χ1) is 14.8. The summed E-state index contributed by atoms with van der Waals surface area (Å²) in [7, 11) is 0. The molecule has 0 saturated carbocycles. The van der Waals surface area contributed by atoms with Crippen molar-refractivity contribution in [3.05, 3.63) is 29.3 Å². The van der Waals surface area contributed by atoms with Crippen molar-refractivity contribution in [1.82, 2.24) is 5.32 Å². The van der Waals surface area contributed by atoms with Crippen molar-refractivity contribution in [2.45, 2.75) is 135 Å². The second-order valence-corrected chi connectivity index (χ2v) is 9.61. The number of aromatic hydroxyl groups is 1. The molecule has 2 nitrogen and oxygen atoms in total. The molecule has 2 N–H and O–H groups in total. The Balaban J connectivity index is 1.32. The van der Waals surface area contributed by atoms with Crippen LogP contribution in [0.2, 0.25) is 0 Å². The Bertz CT molecular complexity index is 541. The number of aryl methyl sites for hydroxylation is 1. The summed E-state index contributed by atoms with van der Waals surface area (Å²) in [5.74, 6) is 0.487. The quantitative estimate of drug-likeness (QED) is 0.237. The fraction of sp³-hybridized carbons (Fsp3) is 0.786. The number of rotatable bonds is 18. The minimum absolute atomic E-state index is 0.487. The second kappa shape index (κ2) is 16.6. The predicted molar refractivity (Wildman–Crippen MR) is 131 cm³/mol. The Kier molecular flexibility index (Phi) is 14.0. The van der Waals surface area contributed by atoms with Gasteiger partial charge in [-0.25, -0.2) is 0 Å². The summed E-state index contributed by atoms with van der Waals surface area (Å²) in [5.41, 5.74) is 2.52. The van der Waals surface area contributed by atoms with Crippen LogP contribution in [-0.2, 0) is 12.8 Å². The summed E-state index contributed by atoms with van der Waals surface area (Å²) in [6, 6.07) is 6.51. The summed E-state index contributed by atoms with van der Waals surface area (Å²) in [6.45, 7) is 3.43. The van der Waals surface area contributed by atoms with Gasteiger partial charge in [0.2, 0.25) is 0 Å². The van der Waals surface area contributed by atoms with Gasteiger partial charge in [-0.3, -0.25) is 0 Å². The minimum atomic E-state index is 0.487. The number of hydrogen-bond acceptors (Lipinski definition) is 2. The summed E-state index contributed by atoms with van der Waals surface area (Å²) >= 11 is 0. The molecule has 0 saturated heterocycles. The first-order valence-electron chi connectivity index (χ1n) is 13.3. The smallest absolute Gasteiger partial charge is 0.119 e. The molecule has 0 amide bonds. The SMILES string of the molecule is CCCCCCCCCCCCCCCCCCNC1CCc2cccc(O)c2C1. The number of benzene rings is 1. The van der Waals surface area contributed by atoms with E-state index in [9.17, 15) is 5.11 Å². The first-order valence-corrected chi connectivity index (χ1v) is 13.3. The van der Waals surface area contributed by atoms with Crippen molar-refractivity contribution in [2.75, 3.05) is 6.54 Å². The molecular formula is C28H49NO. The number of phenolic OH excluding ortho intramolecular Hbond substituents is 1. The van der Waals surface area contributed by atoms with Gasteiger partial charge >= 0.3 is 0 Å². The van der Waals surface area contributed by atoms with Crippen LogP contribution in [0.1, 0.15) is 127 Å². The standard InChI is InChI=1S/C28H49NO/c1-2-3-4-5-6-7-8-9-10-11-12-13-14-15-16-17-23-29-26-22-21-25-19-18-20-28(30)27(25)24-26/h18-20,26,29-30H,2-17,21-24H2,1H3. The van der Waals surface area contributed by atoms with Crippen LogP contribution in [-0.4, -0.2) is 17.7 Å². The van der Waals surface area contributed by atoms with Crippen molar-refractivity contribution in [2.24, 2.45) is 0 Å². The molecule has 1 aliphatic rings. The van der Waals surface area contributed by atoms with Gasteiger partial charge in [-0.15, -0.1) is 0 Å². The average molecular weight is 416 g/mol. The van der Waals surface area contributed by atoms with E-state index < -0.39 is 0 Å². The Labute approximate surface area is 187 Å². The average Bonchev–Trinajstić information content (AvgIpc) is 2.76. The number of fused-ring (bicyclic) bond motifs is 1. The maximum atomic E-state index is 10.1. The van der Waals surface area contributed by atoms with Gasteiger partial charge in [-0.2, -0.15) is 0 Å². The maximum Gasteiger partial charge on any atom is 0.119 e. The van der Waals surface area contributed by atoms with Crippen LogP contribution >= 0.6 is 0 Å². The van der Waals surface area contributed by atoms with E-state index in [1.807, 2.05) is 12.1 Å². The van der Waals surface area contributed by atoms with Gasteiger partial charge in [0.1, 0.15) is 5.75 Å². The zero-order chi connectivity index (χ0) is 21.3. The van der Waals surface area contributed by atoms with Crippen LogP contribution < -0.4 is 5.32 Å². The molecule has 1 unspecified atom stereocenters. The second-order valence-electron chi connectivity index (χ2n) is 9.61. The highest BCUT2D eigenvalue weighted by Crippen LogP contribution is 2.28. The van der Waals surface area contributed by atoms with Crippen LogP contribution in [0.5, 0.6) is 5.75 Å². The molecule has 30 heavy (non-hydrogen) atoms. The van der Waals surface area contributed by atoms with Crippen molar-refractivity contribution in [3.8, 4) is 5.75 Å². The third-order valence-corrected chi connectivity index (χ3v) is 6.92. The highest BCUT2D eigenvalue weighted by Gasteiger charge is 2.20. The van der Waals surface area contributed by atoms with Crippen molar-refractivity contribution in [1.29, 1.82) is 0 Å². The van der Waals surface area contributed by atoms with E-state index in [0.717, 1.165) is 19.4 Å². The van der Waals surface area contributed by atoms with E-state index in [0.29, 0.717) is 11.8 Å². The number of phenols is 1. The topological polar surface area (TPSA) is 32.3 Å². The highest BCUT2D eigenvalue weighted by atomic mass is 16.3. The zero-order valence-corrected chi connectivity index (χ0v) is 19.9. The molecule has 2 heteroatoms. The van der Waals surface area contributed by atoms with E-state index in [-0.39, 0.29) is 0 Å². The Morgan fingerprint density at radius 3 is 1.87 bits per heavy atom. The van der Waals surface area contributed by atoms with Crippen LogP contribution in [0, 0.1) is 0 Å². The minimum Gasteiger partial charge on any atom is -0.508 e. The predicted octanol–water partition coefficient (Wildman–Crippen LogP) is 8.10. The van der Waals surface area contributed by atoms with E-state index in [4.69, 9.17) is 0 Å². The van der Waals surface area contributed by atoms with Gasteiger partial charge in [-0.05, 0) is 49.4 Å². The van der Waals surface area contributed by atoms with E-state index in [1.54, 1.807) is 0 Å². The lowest BCUT2D eigenvalue weighted by Gasteiger charge is -2.26. The van der Waals surface area contributed by atoms with Gasteiger partial charge in [0.25, 0.3) is 0 Å². The first kappa shape index (κ1) is 25.2. The molecule has 0 aromatic heterocycles. The molecule has 2 rings (SSSR count). The number of hydrogen-bond donors (Lipinski definition) is 2. The summed E-state index contributed by atoms with van der Waals surface area (Å²) in [6.07, 6.45) is 26.1. The van der Waals surface area contributed by atoms with Crippen molar-refractivity contribution < 1.29 is 5.11 Å².